The van der Waals surface area contributed by atoms with Crippen molar-refractivity contribution in [1.82, 2.24) is 5.43 Å². The lowest BCUT2D eigenvalue weighted by Crippen LogP contribution is -2.31. The minimum absolute atomic E-state index is 0.125. The Labute approximate surface area is 131 Å². The zero-order valence-corrected chi connectivity index (χ0v) is 12.8. The van der Waals surface area contributed by atoms with E-state index in [9.17, 15) is 0 Å². The van der Waals surface area contributed by atoms with Gasteiger partial charge in [-0.05, 0) is 54.0 Å². The van der Waals surface area contributed by atoms with E-state index in [1.807, 2.05) is 18.2 Å². The van der Waals surface area contributed by atoms with Crippen LogP contribution in [0.4, 0.5) is 0 Å². The maximum atomic E-state index is 6.08. The molecule has 1 aliphatic carbocycles. The first-order valence-electron chi connectivity index (χ1n) is 7.57. The molecule has 1 aliphatic rings. The van der Waals surface area contributed by atoms with Gasteiger partial charge in [0, 0.05) is 5.02 Å². The van der Waals surface area contributed by atoms with Gasteiger partial charge in [-0.2, -0.15) is 0 Å². The lowest BCUT2D eigenvalue weighted by molar-refractivity contribution is 0.411. The first-order valence-corrected chi connectivity index (χ1v) is 7.95. The van der Waals surface area contributed by atoms with Gasteiger partial charge < -0.3 is 0 Å². The van der Waals surface area contributed by atoms with Crippen molar-refractivity contribution in [3.8, 4) is 0 Å². The molecule has 1 fully saturated rings. The average molecular weight is 301 g/mol. The molecule has 3 N–H and O–H groups in total. The molecule has 0 aromatic heterocycles. The van der Waals surface area contributed by atoms with Crippen LogP contribution in [0.3, 0.4) is 0 Å². The highest BCUT2D eigenvalue weighted by Crippen LogP contribution is 2.39. The monoisotopic (exact) mass is 300 g/mol. The van der Waals surface area contributed by atoms with Gasteiger partial charge in [0.05, 0.1) is 6.04 Å². The SMILES string of the molecule is NNC(Cc1cccc(Cl)c1)c1ccccc1C1CCC1. The topological polar surface area (TPSA) is 38.0 Å². The summed E-state index contributed by atoms with van der Waals surface area (Å²) in [5, 5.41) is 0.774. The zero-order chi connectivity index (χ0) is 14.7. The highest BCUT2D eigenvalue weighted by atomic mass is 35.5. The standard InChI is InChI=1S/C18H21ClN2/c19-15-8-3-5-13(11-15)12-18(21-20)17-10-2-1-9-16(17)14-6-4-7-14/h1-3,5,8-11,14,18,21H,4,6-7,12,20H2. The number of hydrogen-bond acceptors (Lipinski definition) is 2. The molecule has 3 rings (SSSR count). The van der Waals surface area contributed by atoms with Gasteiger partial charge in [-0.25, -0.2) is 0 Å². The van der Waals surface area contributed by atoms with E-state index in [2.05, 4.69) is 35.8 Å². The fourth-order valence-electron chi connectivity index (χ4n) is 3.08. The van der Waals surface area contributed by atoms with Crippen LogP contribution in [0, 0.1) is 0 Å². The molecule has 1 unspecified atom stereocenters. The summed E-state index contributed by atoms with van der Waals surface area (Å²) in [5.74, 6) is 6.54. The number of hydrogen-bond donors (Lipinski definition) is 2. The third kappa shape index (κ3) is 3.29. The maximum Gasteiger partial charge on any atom is 0.0503 e. The van der Waals surface area contributed by atoms with Crippen molar-refractivity contribution < 1.29 is 0 Å². The Balaban J connectivity index is 1.86. The molecule has 0 spiro atoms. The maximum absolute atomic E-state index is 6.08. The van der Waals surface area contributed by atoms with E-state index in [0.29, 0.717) is 5.92 Å². The molecular formula is C18H21ClN2. The van der Waals surface area contributed by atoms with Gasteiger partial charge in [-0.15, -0.1) is 0 Å². The number of rotatable bonds is 5. The second kappa shape index (κ2) is 6.61. The average Bonchev–Trinajstić information content (AvgIpc) is 2.44. The Bertz CT molecular complexity index is 608. The van der Waals surface area contributed by atoms with Crippen molar-refractivity contribution in [2.24, 2.45) is 5.84 Å². The Morgan fingerprint density at radius 3 is 2.62 bits per heavy atom. The zero-order valence-electron chi connectivity index (χ0n) is 12.1. The van der Waals surface area contributed by atoms with Crippen LogP contribution in [-0.4, -0.2) is 0 Å². The normalized spacial score (nSPS) is 16.5. The smallest absolute Gasteiger partial charge is 0.0503 e. The fourth-order valence-corrected chi connectivity index (χ4v) is 3.29. The Morgan fingerprint density at radius 2 is 1.95 bits per heavy atom. The molecule has 0 saturated heterocycles. The van der Waals surface area contributed by atoms with Gasteiger partial charge in [0.2, 0.25) is 0 Å². The van der Waals surface area contributed by atoms with Crippen molar-refractivity contribution >= 4 is 11.6 Å². The van der Waals surface area contributed by atoms with Crippen molar-refractivity contribution in [3.63, 3.8) is 0 Å². The van der Waals surface area contributed by atoms with Gasteiger partial charge >= 0.3 is 0 Å². The summed E-state index contributed by atoms with van der Waals surface area (Å²) < 4.78 is 0. The van der Waals surface area contributed by atoms with Crippen LogP contribution in [0.2, 0.25) is 5.02 Å². The molecule has 0 bridgehead atoms. The van der Waals surface area contributed by atoms with E-state index in [1.54, 1.807) is 0 Å². The quantitative estimate of drug-likeness (QED) is 0.636. The van der Waals surface area contributed by atoms with Crippen LogP contribution < -0.4 is 11.3 Å². The minimum Gasteiger partial charge on any atom is -0.271 e. The third-order valence-corrected chi connectivity index (χ3v) is 4.68. The van der Waals surface area contributed by atoms with Crippen LogP contribution >= 0.6 is 11.6 Å². The van der Waals surface area contributed by atoms with Crippen LogP contribution in [0.15, 0.2) is 48.5 Å². The predicted molar refractivity (Wildman–Crippen MR) is 88.3 cm³/mol. The van der Waals surface area contributed by atoms with Crippen molar-refractivity contribution in [1.29, 1.82) is 0 Å². The van der Waals surface area contributed by atoms with Crippen molar-refractivity contribution in [3.05, 3.63) is 70.2 Å². The minimum atomic E-state index is 0.125. The summed E-state index contributed by atoms with van der Waals surface area (Å²) in [6, 6.07) is 16.8. The lowest BCUT2D eigenvalue weighted by Gasteiger charge is -2.30. The van der Waals surface area contributed by atoms with E-state index in [-0.39, 0.29) is 6.04 Å². The van der Waals surface area contributed by atoms with Crippen molar-refractivity contribution in [2.75, 3.05) is 0 Å². The fraction of sp³-hybridized carbons (Fsp3) is 0.333. The summed E-state index contributed by atoms with van der Waals surface area (Å²) in [7, 11) is 0. The van der Waals surface area contributed by atoms with Crippen LogP contribution in [0.1, 0.15) is 47.9 Å². The number of benzene rings is 2. The first-order chi connectivity index (χ1) is 10.3. The summed E-state index contributed by atoms with van der Waals surface area (Å²) in [5.41, 5.74) is 6.97. The summed E-state index contributed by atoms with van der Waals surface area (Å²) in [6.07, 6.45) is 4.78. The molecule has 0 heterocycles. The van der Waals surface area contributed by atoms with Gasteiger partial charge in [0.1, 0.15) is 0 Å². The number of nitrogens with two attached hydrogens (primary N) is 1. The summed E-state index contributed by atoms with van der Waals surface area (Å²) >= 11 is 6.08. The molecule has 0 radical (unpaired) electrons. The van der Waals surface area contributed by atoms with E-state index in [1.165, 1.54) is 36.0 Å². The molecule has 1 atom stereocenters. The largest absolute Gasteiger partial charge is 0.271 e. The van der Waals surface area contributed by atoms with Crippen LogP contribution in [0.5, 0.6) is 0 Å². The first kappa shape index (κ1) is 14.6. The van der Waals surface area contributed by atoms with Gasteiger partial charge in [0.25, 0.3) is 0 Å². The third-order valence-electron chi connectivity index (χ3n) is 4.45. The molecule has 2 nitrogen and oxygen atoms in total. The highest BCUT2D eigenvalue weighted by Gasteiger charge is 2.24. The van der Waals surface area contributed by atoms with Crippen LogP contribution in [-0.2, 0) is 6.42 Å². The highest BCUT2D eigenvalue weighted by molar-refractivity contribution is 6.30. The molecular weight excluding hydrogens is 280 g/mol. The molecule has 21 heavy (non-hydrogen) atoms. The van der Waals surface area contributed by atoms with Gasteiger partial charge in [-0.3, -0.25) is 11.3 Å². The molecule has 110 valence electrons. The summed E-state index contributed by atoms with van der Waals surface area (Å²) in [6.45, 7) is 0. The van der Waals surface area contributed by atoms with Gasteiger partial charge in [-0.1, -0.05) is 54.4 Å². The molecule has 0 amide bonds. The number of nitrogens with one attached hydrogen (secondary N) is 1. The number of hydrazine groups is 1. The lowest BCUT2D eigenvalue weighted by atomic mass is 9.76. The van der Waals surface area contributed by atoms with E-state index in [4.69, 9.17) is 17.4 Å². The number of halogens is 1. The molecule has 2 aromatic carbocycles. The Hall–Kier alpha value is -1.35. The Kier molecular flexibility index (Phi) is 4.59. The second-order valence-corrected chi connectivity index (χ2v) is 6.25. The Morgan fingerprint density at radius 1 is 1.14 bits per heavy atom. The van der Waals surface area contributed by atoms with E-state index < -0.39 is 0 Å². The van der Waals surface area contributed by atoms with Crippen molar-refractivity contribution in [2.45, 2.75) is 37.6 Å². The molecule has 3 heteroatoms. The van der Waals surface area contributed by atoms with E-state index in [0.717, 1.165) is 11.4 Å². The van der Waals surface area contributed by atoms with E-state index >= 15 is 0 Å². The molecule has 2 aromatic rings. The summed E-state index contributed by atoms with van der Waals surface area (Å²) in [4.78, 5) is 0. The molecule has 1 saturated carbocycles. The molecule has 0 aliphatic heterocycles. The van der Waals surface area contributed by atoms with Crippen LogP contribution in [0.25, 0.3) is 0 Å². The predicted octanol–water partition coefficient (Wildman–Crippen LogP) is 4.35. The second-order valence-electron chi connectivity index (χ2n) is 5.81. The van der Waals surface area contributed by atoms with Gasteiger partial charge in [0.15, 0.2) is 0 Å².